The molecule has 7 rings (SSSR count). The molecule has 232 valence electrons. The molecule has 6 fully saturated rings. The van der Waals surface area contributed by atoms with E-state index in [2.05, 4.69) is 4.90 Å². The van der Waals surface area contributed by atoms with Crippen molar-refractivity contribution in [3.8, 4) is 0 Å². The van der Waals surface area contributed by atoms with Gasteiger partial charge in [0, 0.05) is 76.0 Å². The van der Waals surface area contributed by atoms with Crippen molar-refractivity contribution in [1.29, 1.82) is 0 Å². The summed E-state index contributed by atoms with van der Waals surface area (Å²) in [7, 11) is 8.22. The van der Waals surface area contributed by atoms with Crippen molar-refractivity contribution in [1.82, 2.24) is 4.90 Å². The van der Waals surface area contributed by atoms with E-state index in [-0.39, 0.29) is 25.0 Å². The van der Waals surface area contributed by atoms with Crippen LogP contribution in [-0.2, 0) is 23.7 Å². The van der Waals surface area contributed by atoms with E-state index in [4.69, 9.17) is 23.7 Å². The summed E-state index contributed by atoms with van der Waals surface area (Å²) in [6.07, 6.45) is -5.28. The minimum atomic E-state index is -1.86. The van der Waals surface area contributed by atoms with Gasteiger partial charge in [0.1, 0.15) is 29.5 Å². The molecule has 0 aromatic heterocycles. The van der Waals surface area contributed by atoms with Crippen LogP contribution in [0.3, 0.4) is 0 Å². The number of aliphatic hydroxyl groups excluding tert-OH is 2. The first kappa shape index (κ1) is 29.1. The Kier molecular flexibility index (Phi) is 6.52. The molecular formula is C31H43NO10. The number of ether oxygens (including phenoxy) is 5. The summed E-state index contributed by atoms with van der Waals surface area (Å²) in [6, 6.07) is 8.22. The van der Waals surface area contributed by atoms with Gasteiger partial charge in [-0.05, 0) is 31.5 Å². The van der Waals surface area contributed by atoms with Gasteiger partial charge in [-0.3, -0.25) is 0 Å². The van der Waals surface area contributed by atoms with Crippen LogP contribution in [0.2, 0.25) is 0 Å². The average molecular weight is 590 g/mol. The number of rotatable bonds is 7. The molecule has 0 amide bonds. The number of aliphatic hydroxyl groups is 4. The molecule has 11 heteroatoms. The van der Waals surface area contributed by atoms with E-state index in [1.807, 2.05) is 7.05 Å². The van der Waals surface area contributed by atoms with Gasteiger partial charge in [-0.1, -0.05) is 18.2 Å². The van der Waals surface area contributed by atoms with E-state index >= 15 is 0 Å². The van der Waals surface area contributed by atoms with E-state index < -0.39 is 82.4 Å². The van der Waals surface area contributed by atoms with E-state index in [1.54, 1.807) is 51.7 Å². The molecule has 1 aromatic carbocycles. The SMILES string of the molecule is COC[C@]12CN(C)C3C4C(OC)C1C3(C(OC)CC2O)C1C[C@]2(O)C(OC)C(O)[C@@]4(O)C1C2OC(=O)c1ccccc1. The first-order chi connectivity index (χ1) is 20.0. The van der Waals surface area contributed by atoms with Crippen LogP contribution >= 0.6 is 0 Å². The van der Waals surface area contributed by atoms with Gasteiger partial charge in [-0.25, -0.2) is 4.79 Å². The summed E-state index contributed by atoms with van der Waals surface area (Å²) in [5, 5.41) is 49.4. The lowest BCUT2D eigenvalue weighted by Gasteiger charge is -2.69. The maximum Gasteiger partial charge on any atom is 0.338 e. The summed E-state index contributed by atoms with van der Waals surface area (Å²) in [5.41, 5.74) is -4.81. The van der Waals surface area contributed by atoms with E-state index in [1.165, 1.54) is 7.11 Å². The topological polar surface area (TPSA) is 147 Å². The summed E-state index contributed by atoms with van der Waals surface area (Å²) >= 11 is 0. The average Bonchev–Trinajstić information content (AvgIpc) is 3.37. The lowest BCUT2D eigenvalue weighted by atomic mass is 9.42. The Morgan fingerprint density at radius 2 is 1.71 bits per heavy atom. The lowest BCUT2D eigenvalue weighted by Crippen LogP contribution is -2.80. The van der Waals surface area contributed by atoms with Gasteiger partial charge in [-0.2, -0.15) is 0 Å². The fourth-order valence-corrected chi connectivity index (χ4v) is 11.8. The van der Waals surface area contributed by atoms with Crippen molar-refractivity contribution in [2.45, 2.75) is 66.7 Å². The number of likely N-dealkylation sites (tertiary alicyclic amines) is 1. The number of carbonyl (C=O) groups is 1. The van der Waals surface area contributed by atoms with Gasteiger partial charge in [0.2, 0.25) is 0 Å². The summed E-state index contributed by atoms with van der Waals surface area (Å²) < 4.78 is 30.3. The molecule has 1 aromatic rings. The van der Waals surface area contributed by atoms with E-state index in [9.17, 15) is 25.2 Å². The largest absolute Gasteiger partial charge is 0.455 e. The summed E-state index contributed by atoms with van der Waals surface area (Å²) in [5.74, 6) is -2.96. The predicted octanol–water partition coefficient (Wildman–Crippen LogP) is -0.313. The summed E-state index contributed by atoms with van der Waals surface area (Å²) in [6.45, 7) is 0.760. The maximum absolute atomic E-state index is 13.5. The zero-order valence-corrected chi connectivity index (χ0v) is 24.8. The molecular weight excluding hydrogens is 546 g/mol. The molecule has 15 atom stereocenters. The Bertz CT molecular complexity index is 1240. The number of fused-ring (bicyclic) bond motifs is 2. The Morgan fingerprint density at radius 1 is 1.00 bits per heavy atom. The number of carbonyl (C=O) groups excluding carboxylic acids is 1. The number of nitrogens with zero attached hydrogens (tertiary/aromatic N) is 1. The molecule has 0 radical (unpaired) electrons. The first-order valence-electron chi connectivity index (χ1n) is 14.9. The molecule has 11 nitrogen and oxygen atoms in total. The van der Waals surface area contributed by atoms with Crippen LogP contribution in [0.15, 0.2) is 30.3 Å². The highest BCUT2D eigenvalue weighted by atomic mass is 16.6. The lowest BCUT2D eigenvalue weighted by molar-refractivity contribution is -0.318. The zero-order valence-electron chi connectivity index (χ0n) is 24.8. The van der Waals surface area contributed by atoms with Crippen molar-refractivity contribution in [2.75, 3.05) is 48.6 Å². The number of hydrogen-bond acceptors (Lipinski definition) is 11. The van der Waals surface area contributed by atoms with Gasteiger partial charge >= 0.3 is 5.97 Å². The molecule has 42 heavy (non-hydrogen) atoms. The minimum absolute atomic E-state index is 0.102. The molecule has 4 N–H and O–H groups in total. The molecule has 1 spiro atoms. The number of hydrogen-bond donors (Lipinski definition) is 4. The minimum Gasteiger partial charge on any atom is -0.455 e. The fourth-order valence-electron chi connectivity index (χ4n) is 11.8. The molecule has 5 saturated carbocycles. The molecule has 5 aliphatic carbocycles. The molecule has 7 bridgehead atoms. The second-order valence-electron chi connectivity index (χ2n) is 13.7. The maximum atomic E-state index is 13.5. The standard InChI is InChI=1S/C31H43NO10/c1-32-13-28(14-38-2)17(33)11-18(39-3)30-16-12-29(36)25(42-27(35)15-9-7-6-8-10-15)19(16)31(37,24(34)26(29)41-5)20(23(30)32)21(40-4)22(28)30/h6-10,16-26,33-34,36-37H,11-14H2,1-5H3/t16?,17?,18?,19?,20?,21?,22?,23?,24?,25?,26?,28-,29+,30?,31+/m0/s1. The monoisotopic (exact) mass is 589 g/mol. The molecule has 1 heterocycles. The van der Waals surface area contributed by atoms with Crippen molar-refractivity contribution >= 4 is 5.97 Å². The van der Waals surface area contributed by atoms with Crippen LogP contribution in [0.1, 0.15) is 23.2 Å². The molecule has 12 unspecified atom stereocenters. The van der Waals surface area contributed by atoms with Crippen LogP contribution in [0.5, 0.6) is 0 Å². The van der Waals surface area contributed by atoms with Crippen molar-refractivity contribution < 1.29 is 48.9 Å². The van der Waals surface area contributed by atoms with E-state index in [0.29, 0.717) is 18.5 Å². The van der Waals surface area contributed by atoms with Crippen LogP contribution in [0.25, 0.3) is 0 Å². The fraction of sp³-hybridized carbons (Fsp3) is 0.774. The van der Waals surface area contributed by atoms with Gasteiger partial charge in [0.15, 0.2) is 0 Å². The second kappa shape index (κ2) is 9.42. The Morgan fingerprint density at radius 3 is 2.33 bits per heavy atom. The van der Waals surface area contributed by atoms with E-state index in [0.717, 1.165) is 0 Å². The molecule has 1 aliphatic heterocycles. The van der Waals surface area contributed by atoms with Crippen LogP contribution in [0.4, 0.5) is 0 Å². The Hall–Kier alpha value is -1.67. The van der Waals surface area contributed by atoms with Crippen LogP contribution in [-0.4, -0.2) is 134 Å². The first-order valence-corrected chi connectivity index (χ1v) is 14.9. The van der Waals surface area contributed by atoms with Crippen molar-refractivity contribution in [3.05, 3.63) is 35.9 Å². The third kappa shape index (κ3) is 3.05. The third-order valence-electron chi connectivity index (χ3n) is 12.6. The van der Waals surface area contributed by atoms with Crippen molar-refractivity contribution in [3.63, 3.8) is 0 Å². The highest BCUT2D eigenvalue weighted by Gasteiger charge is 2.91. The number of benzene rings is 1. The number of piperidine rings is 1. The predicted molar refractivity (Wildman–Crippen MR) is 146 cm³/mol. The highest BCUT2D eigenvalue weighted by Crippen LogP contribution is 2.80. The Balaban J connectivity index is 1.47. The normalized spacial score (nSPS) is 53.7. The number of methoxy groups -OCH3 is 4. The van der Waals surface area contributed by atoms with Gasteiger partial charge in [0.25, 0.3) is 0 Å². The second-order valence-corrected chi connectivity index (χ2v) is 13.7. The van der Waals surface area contributed by atoms with Gasteiger partial charge < -0.3 is 49.0 Å². The van der Waals surface area contributed by atoms with Crippen LogP contribution < -0.4 is 0 Å². The Labute approximate surface area is 245 Å². The van der Waals surface area contributed by atoms with Gasteiger partial charge in [0.05, 0.1) is 30.5 Å². The third-order valence-corrected chi connectivity index (χ3v) is 12.6. The quantitative estimate of drug-likeness (QED) is 0.311. The van der Waals surface area contributed by atoms with Gasteiger partial charge in [-0.15, -0.1) is 0 Å². The zero-order chi connectivity index (χ0) is 30.0. The van der Waals surface area contributed by atoms with Crippen LogP contribution in [0, 0.1) is 34.5 Å². The smallest absolute Gasteiger partial charge is 0.338 e. The number of esters is 1. The van der Waals surface area contributed by atoms with Crippen molar-refractivity contribution in [2.24, 2.45) is 34.5 Å². The summed E-state index contributed by atoms with van der Waals surface area (Å²) in [4.78, 5) is 15.7. The molecule has 6 aliphatic rings. The molecule has 1 saturated heterocycles. The highest BCUT2D eigenvalue weighted by molar-refractivity contribution is 5.89.